The normalized spacial score (nSPS) is 27.6. The lowest BCUT2D eigenvalue weighted by Crippen LogP contribution is -2.49. The lowest BCUT2D eigenvalue weighted by atomic mass is 9.81. The molecule has 1 N–H and O–H groups in total. The molecule has 0 saturated carbocycles. The number of benzene rings is 1. The topological polar surface area (TPSA) is 67.7 Å². The van der Waals surface area contributed by atoms with Gasteiger partial charge in [0.15, 0.2) is 0 Å². The Morgan fingerprint density at radius 3 is 2.59 bits per heavy atom. The van der Waals surface area contributed by atoms with Crippen molar-refractivity contribution >= 4 is 0 Å². The number of halogens is 1. The summed E-state index contributed by atoms with van der Waals surface area (Å²) in [6.07, 6.45) is 4.78. The fraction of sp³-hybridized carbons (Fsp3) is 0.500. The van der Waals surface area contributed by atoms with Crippen molar-refractivity contribution in [1.82, 2.24) is 14.9 Å². The summed E-state index contributed by atoms with van der Waals surface area (Å²) in [6.45, 7) is 0.694. The lowest BCUT2D eigenvalue weighted by molar-refractivity contribution is -0.0613. The minimum Gasteiger partial charge on any atom is -0.481 e. The number of ether oxygens (including phenoxy) is 2. The summed E-state index contributed by atoms with van der Waals surface area (Å²) in [7, 11) is 3.02. The number of aromatic nitrogens is 2. The number of methoxy groups -OCH3 is 2. The molecule has 2 fully saturated rings. The minimum atomic E-state index is -1.04. The average molecular weight is 373 g/mol. The van der Waals surface area contributed by atoms with Crippen molar-refractivity contribution in [2.45, 2.75) is 49.9 Å². The highest BCUT2D eigenvalue weighted by atomic mass is 19.1. The molecule has 1 aromatic heterocycles. The molecular weight excluding hydrogens is 349 g/mol. The second kappa shape index (κ2) is 7.05. The summed E-state index contributed by atoms with van der Waals surface area (Å²) in [6, 6.07) is 7.40. The molecule has 0 spiro atoms. The molecule has 144 valence electrons. The summed E-state index contributed by atoms with van der Waals surface area (Å²) in [5.74, 6) is 0.135. The third kappa shape index (κ3) is 3.37. The largest absolute Gasteiger partial charge is 0.481 e. The van der Waals surface area contributed by atoms with E-state index in [9.17, 15) is 9.50 Å². The van der Waals surface area contributed by atoms with E-state index in [1.165, 1.54) is 20.3 Å². The molecule has 2 aromatic rings. The number of hydrogen-bond donors (Lipinski definition) is 1. The summed E-state index contributed by atoms with van der Waals surface area (Å²) in [4.78, 5) is 10.8. The molecule has 4 rings (SSSR count). The molecule has 2 aliphatic rings. The van der Waals surface area contributed by atoms with E-state index < -0.39 is 5.60 Å². The van der Waals surface area contributed by atoms with E-state index >= 15 is 0 Å². The molecule has 0 amide bonds. The second-order valence-electron chi connectivity index (χ2n) is 7.41. The number of rotatable bonds is 5. The third-order valence-corrected chi connectivity index (χ3v) is 5.78. The average Bonchev–Trinajstić information content (AvgIpc) is 2.91. The van der Waals surface area contributed by atoms with Crippen LogP contribution in [0.15, 0.2) is 30.5 Å². The van der Waals surface area contributed by atoms with E-state index in [2.05, 4.69) is 14.9 Å². The zero-order chi connectivity index (χ0) is 19.0. The van der Waals surface area contributed by atoms with Crippen LogP contribution in [0.1, 0.15) is 36.8 Å². The Bertz CT molecular complexity index is 818. The molecule has 2 aliphatic heterocycles. The number of hydrogen-bond acceptors (Lipinski definition) is 6. The van der Waals surface area contributed by atoms with E-state index in [-0.39, 0.29) is 23.9 Å². The SMILES string of the molecule is COc1ncc(C2(O)C[C@@H]3CC[C@@H](C2)N3Cc2cccc(F)c2)c(OC)n1. The lowest BCUT2D eigenvalue weighted by Gasteiger charge is -2.44. The van der Waals surface area contributed by atoms with E-state index in [1.807, 2.05) is 6.07 Å². The highest BCUT2D eigenvalue weighted by Gasteiger charge is 2.49. The maximum absolute atomic E-state index is 13.5. The van der Waals surface area contributed by atoms with Gasteiger partial charge in [0.2, 0.25) is 5.88 Å². The van der Waals surface area contributed by atoms with E-state index in [4.69, 9.17) is 9.47 Å². The van der Waals surface area contributed by atoms with Crippen LogP contribution in [0.3, 0.4) is 0 Å². The van der Waals surface area contributed by atoms with Gasteiger partial charge in [-0.15, -0.1) is 0 Å². The van der Waals surface area contributed by atoms with Gasteiger partial charge in [0.05, 0.1) is 25.4 Å². The number of piperidine rings is 1. The zero-order valence-electron chi connectivity index (χ0n) is 15.6. The van der Waals surface area contributed by atoms with Gasteiger partial charge >= 0.3 is 6.01 Å². The van der Waals surface area contributed by atoms with Gasteiger partial charge in [-0.3, -0.25) is 4.90 Å². The van der Waals surface area contributed by atoms with Crippen molar-refractivity contribution in [3.05, 3.63) is 47.4 Å². The maximum Gasteiger partial charge on any atom is 0.319 e. The smallest absolute Gasteiger partial charge is 0.319 e. The van der Waals surface area contributed by atoms with Gasteiger partial charge in [-0.05, 0) is 43.4 Å². The molecule has 0 radical (unpaired) electrons. The Balaban J connectivity index is 1.57. The highest BCUT2D eigenvalue weighted by molar-refractivity contribution is 5.33. The first-order chi connectivity index (χ1) is 13.0. The fourth-order valence-corrected chi connectivity index (χ4v) is 4.56. The van der Waals surface area contributed by atoms with Crippen molar-refractivity contribution in [3.63, 3.8) is 0 Å². The van der Waals surface area contributed by atoms with E-state index in [0.717, 1.165) is 18.4 Å². The minimum absolute atomic E-state index is 0.214. The van der Waals surface area contributed by atoms with Crippen LogP contribution in [0.5, 0.6) is 11.9 Å². The standard InChI is InChI=1S/C20H24FN3O3/c1-26-18-17(11-22-19(23-18)27-2)20(25)9-15-6-7-16(10-20)24(15)12-13-4-3-5-14(21)8-13/h3-5,8,11,15-16,25H,6-7,9-10,12H2,1-2H3/t15-,16-/m0/s1. The van der Waals surface area contributed by atoms with Gasteiger partial charge in [-0.1, -0.05) is 12.1 Å². The van der Waals surface area contributed by atoms with Gasteiger partial charge in [-0.2, -0.15) is 4.98 Å². The van der Waals surface area contributed by atoms with Crippen LogP contribution < -0.4 is 9.47 Å². The Hall–Kier alpha value is -2.25. The first kappa shape index (κ1) is 18.1. The molecule has 1 aromatic carbocycles. The van der Waals surface area contributed by atoms with E-state index in [0.29, 0.717) is 30.8 Å². The fourth-order valence-electron chi connectivity index (χ4n) is 4.56. The summed E-state index contributed by atoms with van der Waals surface area (Å²) in [5, 5.41) is 11.4. The Morgan fingerprint density at radius 1 is 1.22 bits per heavy atom. The molecule has 0 aliphatic carbocycles. The number of nitrogens with zero attached hydrogens (tertiary/aromatic N) is 3. The first-order valence-corrected chi connectivity index (χ1v) is 9.20. The van der Waals surface area contributed by atoms with Crippen LogP contribution in [0, 0.1) is 5.82 Å². The van der Waals surface area contributed by atoms with Crippen molar-refractivity contribution in [1.29, 1.82) is 0 Å². The van der Waals surface area contributed by atoms with Crippen LogP contribution >= 0.6 is 0 Å². The van der Waals surface area contributed by atoms with Gasteiger partial charge < -0.3 is 14.6 Å². The first-order valence-electron chi connectivity index (χ1n) is 9.20. The van der Waals surface area contributed by atoms with Crippen molar-refractivity contribution < 1.29 is 19.0 Å². The van der Waals surface area contributed by atoms with Gasteiger partial charge in [0.25, 0.3) is 0 Å². The van der Waals surface area contributed by atoms with Crippen LogP contribution in [0.4, 0.5) is 4.39 Å². The number of fused-ring (bicyclic) bond motifs is 2. The zero-order valence-corrected chi connectivity index (χ0v) is 15.6. The second-order valence-corrected chi connectivity index (χ2v) is 7.41. The Kier molecular flexibility index (Phi) is 4.74. The maximum atomic E-state index is 13.5. The Morgan fingerprint density at radius 2 is 1.96 bits per heavy atom. The monoisotopic (exact) mass is 373 g/mol. The molecular formula is C20H24FN3O3. The summed E-state index contributed by atoms with van der Waals surface area (Å²) >= 11 is 0. The van der Waals surface area contributed by atoms with Gasteiger partial charge in [-0.25, -0.2) is 9.37 Å². The van der Waals surface area contributed by atoms with Crippen LogP contribution in [-0.4, -0.2) is 46.3 Å². The molecule has 2 saturated heterocycles. The molecule has 27 heavy (non-hydrogen) atoms. The third-order valence-electron chi connectivity index (χ3n) is 5.78. The molecule has 7 heteroatoms. The predicted molar refractivity (Wildman–Crippen MR) is 97.0 cm³/mol. The molecule has 2 atom stereocenters. The van der Waals surface area contributed by atoms with E-state index in [1.54, 1.807) is 18.3 Å². The van der Waals surface area contributed by atoms with Crippen LogP contribution in [0.2, 0.25) is 0 Å². The van der Waals surface area contributed by atoms with Crippen molar-refractivity contribution in [3.8, 4) is 11.9 Å². The van der Waals surface area contributed by atoms with Crippen LogP contribution in [0.25, 0.3) is 0 Å². The molecule has 6 nitrogen and oxygen atoms in total. The quantitative estimate of drug-likeness (QED) is 0.869. The molecule has 3 heterocycles. The highest BCUT2D eigenvalue weighted by Crippen LogP contribution is 2.48. The van der Waals surface area contributed by atoms with Crippen LogP contribution in [-0.2, 0) is 12.1 Å². The Labute approximate surface area is 158 Å². The molecule has 0 unspecified atom stereocenters. The van der Waals surface area contributed by atoms with Crippen molar-refractivity contribution in [2.24, 2.45) is 0 Å². The summed E-state index contributed by atoms with van der Waals surface area (Å²) in [5.41, 5.74) is 0.526. The molecule has 2 bridgehead atoms. The van der Waals surface area contributed by atoms with Gasteiger partial charge in [0, 0.05) is 24.8 Å². The predicted octanol–water partition coefficient (Wildman–Crippen LogP) is 2.65. The number of aliphatic hydroxyl groups is 1. The summed E-state index contributed by atoms with van der Waals surface area (Å²) < 4.78 is 24.0. The van der Waals surface area contributed by atoms with Crippen molar-refractivity contribution in [2.75, 3.05) is 14.2 Å². The van der Waals surface area contributed by atoms with Gasteiger partial charge in [0.1, 0.15) is 5.82 Å².